The number of methoxy groups -OCH3 is 2. The van der Waals surface area contributed by atoms with Gasteiger partial charge in [0.2, 0.25) is 0 Å². The van der Waals surface area contributed by atoms with Gasteiger partial charge in [-0.25, -0.2) is 0 Å². The van der Waals surface area contributed by atoms with Gasteiger partial charge >= 0.3 is 6.18 Å². The SMILES string of the molecule is COc1ccc(C(=O)CCC(=O)c2ccccc2C(F)(F)F)cc1OC. The highest BCUT2D eigenvalue weighted by molar-refractivity contribution is 6.03. The molecule has 4 nitrogen and oxygen atoms in total. The molecule has 7 heteroatoms. The highest BCUT2D eigenvalue weighted by Crippen LogP contribution is 2.33. The van der Waals surface area contributed by atoms with Gasteiger partial charge in [-0.05, 0) is 24.3 Å². The van der Waals surface area contributed by atoms with Crippen LogP contribution in [-0.2, 0) is 6.18 Å². The lowest BCUT2D eigenvalue weighted by atomic mass is 9.97. The lowest BCUT2D eigenvalue weighted by molar-refractivity contribution is -0.137. The minimum Gasteiger partial charge on any atom is -0.493 e. The Morgan fingerprint density at radius 2 is 1.50 bits per heavy atom. The van der Waals surface area contributed by atoms with Crippen LogP contribution in [0.1, 0.15) is 39.1 Å². The molecule has 0 heterocycles. The minimum atomic E-state index is -4.63. The van der Waals surface area contributed by atoms with Gasteiger partial charge in [0.25, 0.3) is 0 Å². The summed E-state index contributed by atoms with van der Waals surface area (Å²) >= 11 is 0. The molecule has 0 radical (unpaired) electrons. The van der Waals surface area contributed by atoms with Crippen LogP contribution in [0.4, 0.5) is 13.2 Å². The van der Waals surface area contributed by atoms with Gasteiger partial charge in [0.15, 0.2) is 23.1 Å². The van der Waals surface area contributed by atoms with Crippen molar-refractivity contribution in [1.82, 2.24) is 0 Å². The molecular weight excluding hydrogens is 349 g/mol. The summed E-state index contributed by atoms with van der Waals surface area (Å²) in [6.45, 7) is 0. The molecule has 0 unspecified atom stereocenters. The average molecular weight is 366 g/mol. The van der Waals surface area contributed by atoms with Crippen molar-refractivity contribution in [2.75, 3.05) is 14.2 Å². The zero-order valence-corrected chi connectivity index (χ0v) is 14.2. The van der Waals surface area contributed by atoms with Gasteiger partial charge in [0, 0.05) is 24.0 Å². The van der Waals surface area contributed by atoms with Crippen LogP contribution in [0, 0.1) is 0 Å². The molecule has 0 aliphatic carbocycles. The maximum absolute atomic E-state index is 13.0. The van der Waals surface area contributed by atoms with Crippen molar-refractivity contribution in [3.63, 3.8) is 0 Å². The second-order valence-electron chi connectivity index (χ2n) is 5.46. The number of Topliss-reactive ketones (excluding diaryl/α,β-unsaturated/α-hetero) is 2. The third-order valence-electron chi connectivity index (χ3n) is 3.82. The van der Waals surface area contributed by atoms with E-state index in [9.17, 15) is 22.8 Å². The van der Waals surface area contributed by atoms with Crippen molar-refractivity contribution < 1.29 is 32.2 Å². The number of halogens is 3. The average Bonchev–Trinajstić information content (AvgIpc) is 2.64. The molecule has 0 aliphatic rings. The van der Waals surface area contributed by atoms with Crippen molar-refractivity contribution in [2.24, 2.45) is 0 Å². The molecule has 0 aromatic heterocycles. The number of ether oxygens (including phenoxy) is 2. The van der Waals surface area contributed by atoms with Gasteiger partial charge in [0.05, 0.1) is 19.8 Å². The Morgan fingerprint density at radius 3 is 2.12 bits per heavy atom. The molecule has 0 bridgehead atoms. The number of carbonyl (C=O) groups is 2. The van der Waals surface area contributed by atoms with E-state index in [4.69, 9.17) is 9.47 Å². The summed E-state index contributed by atoms with van der Waals surface area (Å²) in [4.78, 5) is 24.4. The van der Waals surface area contributed by atoms with E-state index >= 15 is 0 Å². The minimum absolute atomic E-state index is 0.208. The van der Waals surface area contributed by atoms with E-state index in [1.54, 1.807) is 6.07 Å². The topological polar surface area (TPSA) is 52.6 Å². The fraction of sp³-hybridized carbons (Fsp3) is 0.263. The number of carbonyl (C=O) groups excluding carboxylic acids is 2. The Bertz CT molecular complexity index is 813. The molecule has 2 rings (SSSR count). The largest absolute Gasteiger partial charge is 0.493 e. The van der Waals surface area contributed by atoms with Crippen molar-refractivity contribution >= 4 is 11.6 Å². The smallest absolute Gasteiger partial charge is 0.417 e. The van der Waals surface area contributed by atoms with Crippen molar-refractivity contribution in [3.8, 4) is 11.5 Å². The van der Waals surface area contributed by atoms with Gasteiger partial charge in [0.1, 0.15) is 0 Å². The lowest BCUT2D eigenvalue weighted by Gasteiger charge is -2.12. The van der Waals surface area contributed by atoms with Crippen LogP contribution >= 0.6 is 0 Å². The molecule has 0 spiro atoms. The summed E-state index contributed by atoms with van der Waals surface area (Å²) in [6, 6.07) is 9.07. The molecule has 0 N–H and O–H groups in total. The summed E-state index contributed by atoms with van der Waals surface area (Å²) in [7, 11) is 2.87. The van der Waals surface area contributed by atoms with E-state index in [2.05, 4.69) is 0 Å². The quantitative estimate of drug-likeness (QED) is 0.674. The molecule has 0 aliphatic heterocycles. The van der Waals surface area contributed by atoms with Crippen LogP contribution in [0.2, 0.25) is 0 Å². The van der Waals surface area contributed by atoms with E-state index < -0.39 is 23.1 Å². The summed E-state index contributed by atoms with van der Waals surface area (Å²) in [5.74, 6) is -0.304. The molecule has 0 amide bonds. The van der Waals surface area contributed by atoms with Gasteiger partial charge in [-0.3, -0.25) is 9.59 Å². The number of ketones is 2. The van der Waals surface area contributed by atoms with Gasteiger partial charge in [-0.2, -0.15) is 13.2 Å². The maximum atomic E-state index is 13.0. The van der Waals surface area contributed by atoms with Crippen LogP contribution in [0.3, 0.4) is 0 Å². The van der Waals surface area contributed by atoms with Crippen molar-refractivity contribution in [3.05, 3.63) is 59.2 Å². The van der Waals surface area contributed by atoms with E-state index in [0.29, 0.717) is 17.1 Å². The van der Waals surface area contributed by atoms with E-state index in [1.165, 1.54) is 38.5 Å². The first-order valence-corrected chi connectivity index (χ1v) is 7.72. The Hall–Kier alpha value is -2.83. The first-order chi connectivity index (χ1) is 12.3. The number of alkyl halides is 3. The molecule has 26 heavy (non-hydrogen) atoms. The van der Waals surface area contributed by atoms with Crippen LogP contribution < -0.4 is 9.47 Å². The summed E-state index contributed by atoms with van der Waals surface area (Å²) in [5.41, 5.74) is -1.14. The first-order valence-electron chi connectivity index (χ1n) is 7.72. The second-order valence-corrected chi connectivity index (χ2v) is 5.46. The van der Waals surface area contributed by atoms with Gasteiger partial charge in [-0.15, -0.1) is 0 Å². The van der Waals surface area contributed by atoms with E-state index in [1.807, 2.05) is 0 Å². The lowest BCUT2D eigenvalue weighted by Crippen LogP contribution is -2.14. The molecule has 2 aromatic rings. The number of rotatable bonds is 7. The highest BCUT2D eigenvalue weighted by Gasteiger charge is 2.34. The summed E-state index contributed by atoms with van der Waals surface area (Å²) in [5, 5.41) is 0. The fourth-order valence-corrected chi connectivity index (χ4v) is 2.49. The number of benzene rings is 2. The summed E-state index contributed by atoms with van der Waals surface area (Å²) < 4.78 is 49.1. The van der Waals surface area contributed by atoms with Crippen LogP contribution in [0.15, 0.2) is 42.5 Å². The molecule has 2 aromatic carbocycles. The number of hydrogen-bond donors (Lipinski definition) is 0. The van der Waals surface area contributed by atoms with Crippen LogP contribution in [0.25, 0.3) is 0 Å². The third kappa shape index (κ3) is 4.41. The van der Waals surface area contributed by atoms with Crippen molar-refractivity contribution in [1.29, 1.82) is 0 Å². The van der Waals surface area contributed by atoms with Gasteiger partial charge in [-0.1, -0.05) is 18.2 Å². The van der Waals surface area contributed by atoms with Crippen molar-refractivity contribution in [2.45, 2.75) is 19.0 Å². The monoisotopic (exact) mass is 366 g/mol. The predicted octanol–water partition coefficient (Wildman–Crippen LogP) is 4.57. The molecular formula is C19H17F3O4. The molecule has 0 atom stereocenters. The standard InChI is InChI=1S/C19H17F3O4/c1-25-17-10-7-12(11-18(17)26-2)15(23)8-9-16(24)13-5-3-4-6-14(13)19(20,21)22/h3-7,10-11H,8-9H2,1-2H3. The Morgan fingerprint density at radius 1 is 0.885 bits per heavy atom. The highest BCUT2D eigenvalue weighted by atomic mass is 19.4. The second kappa shape index (κ2) is 8.03. The number of hydrogen-bond acceptors (Lipinski definition) is 4. The van der Waals surface area contributed by atoms with Crippen LogP contribution in [-0.4, -0.2) is 25.8 Å². The van der Waals surface area contributed by atoms with Crippen LogP contribution in [0.5, 0.6) is 11.5 Å². The third-order valence-corrected chi connectivity index (χ3v) is 3.82. The zero-order chi connectivity index (χ0) is 19.3. The normalized spacial score (nSPS) is 11.1. The molecule has 0 saturated heterocycles. The summed E-state index contributed by atoms with van der Waals surface area (Å²) in [6.07, 6.45) is -5.15. The maximum Gasteiger partial charge on any atom is 0.417 e. The first kappa shape index (κ1) is 19.5. The van der Waals surface area contributed by atoms with E-state index in [-0.39, 0.29) is 18.6 Å². The molecule has 138 valence electrons. The molecule has 0 saturated carbocycles. The fourth-order valence-electron chi connectivity index (χ4n) is 2.49. The Kier molecular flexibility index (Phi) is 6.02. The predicted molar refractivity (Wildman–Crippen MR) is 88.9 cm³/mol. The Labute approximate surface area is 148 Å². The molecule has 0 fully saturated rings. The zero-order valence-electron chi connectivity index (χ0n) is 14.2. The van der Waals surface area contributed by atoms with Gasteiger partial charge < -0.3 is 9.47 Å². The Balaban J connectivity index is 2.12. The van der Waals surface area contributed by atoms with E-state index in [0.717, 1.165) is 12.1 Å².